The highest BCUT2D eigenvalue weighted by atomic mass is 32.2. The minimum Gasteiger partial charge on any atom is -0.476 e. The van der Waals surface area contributed by atoms with Crippen molar-refractivity contribution < 1.29 is 19.1 Å². The molecular weight excluding hydrogens is 384 g/mol. The Kier molecular flexibility index (Phi) is 7.68. The van der Waals surface area contributed by atoms with Crippen LogP contribution in [0.3, 0.4) is 0 Å². The van der Waals surface area contributed by atoms with E-state index < -0.39 is 11.6 Å². The summed E-state index contributed by atoms with van der Waals surface area (Å²) in [4.78, 5) is 25.6. The average molecular weight is 413 g/mol. The standard InChI is InChI=1S/C24H28O4S/c1-7-27-23(26)24(4,5)28-22-16(2)14-18(15-17(22)3)8-13-21(25)19-9-11-20(29-6)12-10-19/h8-15H,7H2,1-6H3/b13-8+. The molecule has 2 aromatic carbocycles. The van der Waals surface area contributed by atoms with Gasteiger partial charge in [0.25, 0.3) is 0 Å². The van der Waals surface area contributed by atoms with Gasteiger partial charge in [-0.25, -0.2) is 4.79 Å². The van der Waals surface area contributed by atoms with Gasteiger partial charge in [-0.2, -0.15) is 0 Å². The molecule has 4 nitrogen and oxygen atoms in total. The van der Waals surface area contributed by atoms with E-state index in [1.165, 1.54) is 0 Å². The third-order valence-corrected chi connectivity index (χ3v) is 5.15. The Morgan fingerprint density at radius 3 is 2.17 bits per heavy atom. The van der Waals surface area contributed by atoms with E-state index >= 15 is 0 Å². The molecule has 29 heavy (non-hydrogen) atoms. The first-order chi connectivity index (χ1) is 13.7. The van der Waals surface area contributed by atoms with Crippen LogP contribution >= 0.6 is 11.8 Å². The number of carbonyl (C=O) groups excluding carboxylic acids is 2. The Hall–Kier alpha value is -2.53. The van der Waals surface area contributed by atoms with E-state index in [9.17, 15) is 9.59 Å². The van der Waals surface area contributed by atoms with Crippen molar-refractivity contribution in [1.29, 1.82) is 0 Å². The Morgan fingerprint density at radius 2 is 1.66 bits per heavy atom. The number of benzene rings is 2. The molecule has 0 bridgehead atoms. The molecule has 0 radical (unpaired) electrons. The summed E-state index contributed by atoms with van der Waals surface area (Å²) in [5.41, 5.74) is 2.25. The molecular formula is C24H28O4S. The van der Waals surface area contributed by atoms with Gasteiger partial charge in [0, 0.05) is 10.5 Å². The summed E-state index contributed by atoms with van der Waals surface area (Å²) in [5.74, 6) is 0.205. The monoisotopic (exact) mass is 412 g/mol. The minimum absolute atomic E-state index is 0.0447. The maximum absolute atomic E-state index is 12.4. The van der Waals surface area contributed by atoms with Crippen molar-refractivity contribution in [1.82, 2.24) is 0 Å². The summed E-state index contributed by atoms with van der Waals surface area (Å²) in [5, 5.41) is 0. The lowest BCUT2D eigenvalue weighted by Crippen LogP contribution is -2.40. The fourth-order valence-electron chi connectivity index (χ4n) is 2.87. The number of hydrogen-bond acceptors (Lipinski definition) is 5. The maximum Gasteiger partial charge on any atom is 0.349 e. The van der Waals surface area contributed by atoms with Crippen molar-refractivity contribution in [3.8, 4) is 5.75 Å². The molecule has 0 heterocycles. The smallest absolute Gasteiger partial charge is 0.349 e. The van der Waals surface area contributed by atoms with Gasteiger partial charge in [-0.3, -0.25) is 4.79 Å². The molecule has 0 spiro atoms. The molecule has 0 saturated carbocycles. The van der Waals surface area contributed by atoms with E-state index in [4.69, 9.17) is 9.47 Å². The number of esters is 1. The molecule has 0 unspecified atom stereocenters. The van der Waals surface area contributed by atoms with Gasteiger partial charge in [0.2, 0.25) is 0 Å². The molecule has 0 aliphatic carbocycles. The van der Waals surface area contributed by atoms with Gasteiger partial charge in [-0.15, -0.1) is 11.8 Å². The predicted octanol–water partition coefficient (Wildman–Crippen LogP) is 5.64. The number of ether oxygens (including phenoxy) is 2. The molecule has 0 aliphatic rings. The van der Waals surface area contributed by atoms with Gasteiger partial charge >= 0.3 is 5.97 Å². The van der Waals surface area contributed by atoms with Crippen molar-refractivity contribution >= 4 is 29.6 Å². The zero-order chi connectivity index (χ0) is 21.6. The van der Waals surface area contributed by atoms with Gasteiger partial charge < -0.3 is 9.47 Å². The van der Waals surface area contributed by atoms with Crippen LogP contribution in [0.15, 0.2) is 47.4 Å². The molecule has 2 rings (SSSR count). The van der Waals surface area contributed by atoms with Crippen LogP contribution < -0.4 is 4.74 Å². The fraction of sp³-hybridized carbons (Fsp3) is 0.333. The van der Waals surface area contributed by atoms with Crippen molar-refractivity contribution in [2.75, 3.05) is 12.9 Å². The topological polar surface area (TPSA) is 52.6 Å². The van der Waals surface area contributed by atoms with Crippen LogP contribution in [0, 0.1) is 13.8 Å². The van der Waals surface area contributed by atoms with Crippen LogP contribution in [-0.4, -0.2) is 30.2 Å². The van der Waals surface area contributed by atoms with Crippen LogP contribution in [0.5, 0.6) is 5.75 Å². The second-order valence-corrected chi connectivity index (χ2v) is 8.12. The lowest BCUT2D eigenvalue weighted by molar-refractivity contribution is -0.158. The highest BCUT2D eigenvalue weighted by molar-refractivity contribution is 7.98. The largest absolute Gasteiger partial charge is 0.476 e. The quantitative estimate of drug-likeness (QED) is 0.243. The minimum atomic E-state index is -1.08. The summed E-state index contributed by atoms with van der Waals surface area (Å²) in [6, 6.07) is 11.4. The van der Waals surface area contributed by atoms with E-state index in [1.54, 1.807) is 44.7 Å². The first kappa shape index (κ1) is 22.8. The second kappa shape index (κ2) is 9.79. The zero-order valence-electron chi connectivity index (χ0n) is 17.9. The zero-order valence-corrected chi connectivity index (χ0v) is 18.7. The summed E-state index contributed by atoms with van der Waals surface area (Å²) in [6.07, 6.45) is 5.37. The molecule has 154 valence electrons. The first-order valence-electron chi connectivity index (χ1n) is 9.52. The Labute approximate surface area is 177 Å². The summed E-state index contributed by atoms with van der Waals surface area (Å²) in [7, 11) is 0. The highest BCUT2D eigenvalue weighted by Gasteiger charge is 2.32. The molecule has 0 N–H and O–H groups in total. The summed E-state index contributed by atoms with van der Waals surface area (Å²) in [6.45, 7) is 9.30. The molecule has 0 fully saturated rings. The molecule has 0 amide bonds. The van der Waals surface area contributed by atoms with Gasteiger partial charge in [0.1, 0.15) is 5.75 Å². The molecule has 5 heteroatoms. The van der Waals surface area contributed by atoms with Gasteiger partial charge in [-0.05, 0) is 100 Å². The normalized spacial score (nSPS) is 11.5. The molecule has 0 aliphatic heterocycles. The third kappa shape index (κ3) is 5.97. The number of aryl methyl sites for hydroxylation is 2. The predicted molar refractivity (Wildman–Crippen MR) is 119 cm³/mol. The molecule has 0 atom stereocenters. The number of thioether (sulfide) groups is 1. The van der Waals surface area contributed by atoms with Crippen LogP contribution in [0.2, 0.25) is 0 Å². The van der Waals surface area contributed by atoms with Crippen molar-refractivity contribution in [2.45, 2.75) is 45.1 Å². The van der Waals surface area contributed by atoms with Crippen LogP contribution in [0.4, 0.5) is 0 Å². The van der Waals surface area contributed by atoms with E-state index in [1.807, 2.05) is 56.5 Å². The van der Waals surface area contributed by atoms with E-state index in [0.29, 0.717) is 17.9 Å². The SMILES string of the molecule is CCOC(=O)C(C)(C)Oc1c(C)cc(/C=C/C(=O)c2ccc(SC)cc2)cc1C. The fourth-order valence-corrected chi connectivity index (χ4v) is 3.27. The van der Waals surface area contributed by atoms with E-state index in [2.05, 4.69) is 0 Å². The number of hydrogen-bond donors (Lipinski definition) is 0. The number of ketones is 1. The lowest BCUT2D eigenvalue weighted by atomic mass is 10.0. The number of allylic oxidation sites excluding steroid dienone is 1. The lowest BCUT2D eigenvalue weighted by Gasteiger charge is -2.26. The van der Waals surface area contributed by atoms with Crippen LogP contribution in [0.1, 0.15) is 47.8 Å². The maximum atomic E-state index is 12.4. The van der Waals surface area contributed by atoms with E-state index in [0.717, 1.165) is 21.6 Å². The van der Waals surface area contributed by atoms with Gasteiger partial charge in [0.05, 0.1) is 6.61 Å². The van der Waals surface area contributed by atoms with Gasteiger partial charge in [0.15, 0.2) is 11.4 Å². The van der Waals surface area contributed by atoms with Gasteiger partial charge in [-0.1, -0.05) is 6.08 Å². The average Bonchev–Trinajstić information content (AvgIpc) is 2.69. The highest BCUT2D eigenvalue weighted by Crippen LogP contribution is 2.29. The summed E-state index contributed by atoms with van der Waals surface area (Å²) < 4.78 is 11.1. The summed E-state index contributed by atoms with van der Waals surface area (Å²) >= 11 is 1.64. The first-order valence-corrected chi connectivity index (χ1v) is 10.7. The van der Waals surface area contributed by atoms with Crippen molar-refractivity contribution in [2.24, 2.45) is 0 Å². The number of rotatable bonds is 8. The Balaban J connectivity index is 2.18. The van der Waals surface area contributed by atoms with Crippen molar-refractivity contribution in [3.63, 3.8) is 0 Å². The second-order valence-electron chi connectivity index (χ2n) is 7.24. The Morgan fingerprint density at radius 1 is 1.07 bits per heavy atom. The number of carbonyl (C=O) groups is 2. The molecule has 0 aromatic heterocycles. The molecule has 0 saturated heterocycles. The Bertz CT molecular complexity index is 888. The third-order valence-electron chi connectivity index (χ3n) is 4.41. The van der Waals surface area contributed by atoms with Crippen LogP contribution in [0.25, 0.3) is 6.08 Å². The van der Waals surface area contributed by atoms with E-state index in [-0.39, 0.29) is 5.78 Å². The molecule has 2 aromatic rings. The van der Waals surface area contributed by atoms with Crippen molar-refractivity contribution in [3.05, 3.63) is 64.7 Å². The van der Waals surface area contributed by atoms with Crippen LogP contribution in [-0.2, 0) is 9.53 Å².